The monoisotopic (exact) mass is 250 g/mol. The van der Waals surface area contributed by atoms with Crippen molar-refractivity contribution >= 4 is 26.2 Å². The van der Waals surface area contributed by atoms with Gasteiger partial charge in [-0.05, 0) is 0 Å². The van der Waals surface area contributed by atoms with E-state index in [0.29, 0.717) is 23.7 Å². The van der Waals surface area contributed by atoms with Gasteiger partial charge >= 0.3 is 86.4 Å². The van der Waals surface area contributed by atoms with E-state index in [9.17, 15) is 4.79 Å². The second-order valence-corrected chi connectivity index (χ2v) is 4.24. The molecule has 1 amide bonds. The molecule has 0 unspecified atom stereocenters. The van der Waals surface area contributed by atoms with Crippen LogP contribution >= 0.6 is 0 Å². The summed E-state index contributed by atoms with van der Waals surface area (Å²) in [5.74, 6) is 0.561. The Morgan fingerprint density at radius 1 is 1.77 bits per heavy atom. The van der Waals surface area contributed by atoms with Crippen molar-refractivity contribution in [2.24, 2.45) is 5.92 Å². The fraction of sp³-hybridized carbons (Fsp3) is 0.778. The van der Waals surface area contributed by atoms with E-state index in [2.05, 4.69) is 29.4 Å². The Morgan fingerprint density at radius 2 is 2.38 bits per heavy atom. The third kappa shape index (κ3) is 2.12. The number of carbonyl (C=O) groups excluding carboxylic acids is 1. The third-order valence-corrected chi connectivity index (χ3v) is 2.91. The van der Waals surface area contributed by atoms with E-state index in [1.807, 2.05) is 6.92 Å². The standard InChI is InChI=1S/C9H15NO2Se/c1-4-8(11)10-7(6(2)3)5-12-9(10)13/h6-7H,4-5H2,1-3H3/t7-/m1/s1/i9+1. The second-order valence-electron chi connectivity index (χ2n) is 3.51. The molecule has 1 fully saturated rings. The first-order valence-corrected chi connectivity index (χ1v) is 5.42. The fourth-order valence-corrected chi connectivity index (χ4v) is 2.02. The molecule has 1 rings (SSSR count). The quantitative estimate of drug-likeness (QED) is 0.528. The molecule has 0 aromatic heterocycles. The van der Waals surface area contributed by atoms with Crippen molar-refractivity contribution in [1.82, 2.24) is 4.90 Å². The van der Waals surface area contributed by atoms with Crippen LogP contribution in [0.25, 0.3) is 0 Å². The Balaban J connectivity index is 2.77. The second kappa shape index (κ2) is 4.25. The predicted molar refractivity (Wildman–Crippen MR) is 52.5 cm³/mol. The normalized spacial score (nSPS) is 22.3. The summed E-state index contributed by atoms with van der Waals surface area (Å²) in [6, 6.07) is 0.198. The van der Waals surface area contributed by atoms with Crippen molar-refractivity contribution in [2.45, 2.75) is 33.2 Å². The molecule has 0 radical (unpaired) electrons. The van der Waals surface area contributed by atoms with Crippen LogP contribution in [0.2, 0.25) is 0 Å². The molecule has 1 aliphatic rings. The first-order chi connectivity index (χ1) is 6.07. The Hall–Kier alpha value is -0.341. The molecule has 0 aromatic rings. The fourth-order valence-electron chi connectivity index (χ4n) is 1.38. The van der Waals surface area contributed by atoms with Crippen LogP contribution in [0.4, 0.5) is 0 Å². The van der Waals surface area contributed by atoms with Crippen LogP contribution in [0.15, 0.2) is 0 Å². The summed E-state index contributed by atoms with van der Waals surface area (Å²) in [5.41, 5.74) is 0. The summed E-state index contributed by atoms with van der Waals surface area (Å²) in [6.45, 7) is 6.68. The summed E-state index contributed by atoms with van der Waals surface area (Å²) in [7, 11) is 0. The Bertz CT molecular complexity index is 228. The van der Waals surface area contributed by atoms with Crippen LogP contribution in [-0.4, -0.2) is 43.8 Å². The molecule has 1 atom stereocenters. The van der Waals surface area contributed by atoms with Crippen LogP contribution in [0.1, 0.15) is 27.2 Å². The van der Waals surface area contributed by atoms with E-state index in [-0.39, 0.29) is 11.9 Å². The maximum absolute atomic E-state index is 11.5. The van der Waals surface area contributed by atoms with Crippen molar-refractivity contribution in [2.75, 3.05) is 6.61 Å². The molecular weight excluding hydrogens is 234 g/mol. The van der Waals surface area contributed by atoms with E-state index in [1.165, 1.54) is 0 Å². The minimum absolute atomic E-state index is 0.130. The zero-order chi connectivity index (χ0) is 10.0. The van der Waals surface area contributed by atoms with Crippen molar-refractivity contribution in [3.8, 4) is 0 Å². The summed E-state index contributed by atoms with van der Waals surface area (Å²) >= 11 is 2.79. The zero-order valence-electron chi connectivity index (χ0n) is 8.24. The first-order valence-electron chi connectivity index (χ1n) is 4.56. The van der Waals surface area contributed by atoms with Gasteiger partial charge < -0.3 is 0 Å². The molecule has 1 saturated heterocycles. The van der Waals surface area contributed by atoms with E-state index in [1.54, 1.807) is 4.90 Å². The number of rotatable bonds is 2. The van der Waals surface area contributed by atoms with E-state index in [0.717, 1.165) is 0 Å². The van der Waals surface area contributed by atoms with E-state index >= 15 is 0 Å². The predicted octanol–water partition coefficient (Wildman–Crippen LogP) is 0.536. The average Bonchev–Trinajstić information content (AvgIpc) is 2.46. The third-order valence-electron chi connectivity index (χ3n) is 2.25. The van der Waals surface area contributed by atoms with Crippen molar-refractivity contribution in [3.63, 3.8) is 0 Å². The van der Waals surface area contributed by atoms with Crippen molar-refractivity contribution in [3.05, 3.63) is 0 Å². The van der Waals surface area contributed by atoms with Gasteiger partial charge in [0.05, 0.1) is 0 Å². The van der Waals surface area contributed by atoms with Gasteiger partial charge in [0.15, 0.2) is 0 Å². The van der Waals surface area contributed by atoms with Crippen LogP contribution in [0.5, 0.6) is 0 Å². The van der Waals surface area contributed by atoms with Gasteiger partial charge in [-0.1, -0.05) is 0 Å². The molecule has 3 nitrogen and oxygen atoms in total. The number of carbonyl (C=O) groups is 1. The van der Waals surface area contributed by atoms with Gasteiger partial charge in [-0.15, -0.1) is 0 Å². The summed E-state index contributed by atoms with van der Waals surface area (Å²) in [6.07, 6.45) is 0.526. The van der Waals surface area contributed by atoms with Gasteiger partial charge in [-0.3, -0.25) is 0 Å². The van der Waals surface area contributed by atoms with Gasteiger partial charge in [-0.2, -0.15) is 0 Å². The van der Waals surface area contributed by atoms with Gasteiger partial charge in [0, 0.05) is 0 Å². The molecular formula is C9H15NO2Se. The van der Waals surface area contributed by atoms with Gasteiger partial charge in [0.2, 0.25) is 0 Å². The zero-order valence-corrected chi connectivity index (χ0v) is 9.95. The Labute approximate surface area is 86.8 Å². The minimum atomic E-state index is 0.130. The molecule has 0 spiro atoms. The molecule has 0 saturated carbocycles. The molecule has 0 N–H and O–H groups in total. The number of nitrogens with zero attached hydrogens (tertiary/aromatic N) is 1. The van der Waals surface area contributed by atoms with Crippen LogP contribution in [0.3, 0.4) is 0 Å². The van der Waals surface area contributed by atoms with Gasteiger partial charge in [0.1, 0.15) is 0 Å². The molecule has 0 aliphatic carbocycles. The van der Waals surface area contributed by atoms with Crippen molar-refractivity contribution < 1.29 is 9.53 Å². The van der Waals surface area contributed by atoms with Gasteiger partial charge in [-0.25, -0.2) is 0 Å². The molecule has 0 aromatic carbocycles. The molecule has 0 bridgehead atoms. The average molecular weight is 249 g/mol. The Kier molecular flexibility index (Phi) is 3.51. The van der Waals surface area contributed by atoms with E-state index < -0.39 is 0 Å². The topological polar surface area (TPSA) is 29.5 Å². The number of hydrogen-bond acceptors (Lipinski definition) is 2. The summed E-state index contributed by atoms with van der Waals surface area (Å²) < 4.78 is 5.96. The molecule has 4 heteroatoms. The molecule has 1 heterocycles. The van der Waals surface area contributed by atoms with Crippen LogP contribution in [0, 0.1) is 5.92 Å². The number of hydrogen-bond donors (Lipinski definition) is 0. The van der Waals surface area contributed by atoms with Crippen LogP contribution < -0.4 is 0 Å². The van der Waals surface area contributed by atoms with Crippen LogP contribution in [-0.2, 0) is 9.53 Å². The van der Waals surface area contributed by atoms with Gasteiger partial charge in [0.25, 0.3) is 0 Å². The first kappa shape index (κ1) is 10.7. The van der Waals surface area contributed by atoms with E-state index in [4.69, 9.17) is 4.74 Å². The molecule has 1 aliphatic heterocycles. The maximum atomic E-state index is 11.5. The Morgan fingerprint density at radius 3 is 2.85 bits per heavy atom. The number of amides is 1. The summed E-state index contributed by atoms with van der Waals surface area (Å²) in [5, 5.41) is 0. The van der Waals surface area contributed by atoms with Crippen molar-refractivity contribution in [1.29, 1.82) is 0 Å². The molecule has 13 heavy (non-hydrogen) atoms. The number of ether oxygens (including phenoxy) is 1. The molecule has 74 valence electrons. The SMILES string of the molecule is CCC(=O)N1[C@@H](C(C)C)CO[13C]1=[Se]. The summed E-state index contributed by atoms with van der Waals surface area (Å²) in [4.78, 5) is 13.3.